The molecule has 0 atom stereocenters. The zero-order valence-electron chi connectivity index (χ0n) is 12.8. The van der Waals surface area contributed by atoms with E-state index in [2.05, 4.69) is 46.7 Å². The van der Waals surface area contributed by atoms with Crippen molar-refractivity contribution in [2.75, 3.05) is 11.9 Å². The summed E-state index contributed by atoms with van der Waals surface area (Å²) in [6.07, 6.45) is 4.09. The summed E-state index contributed by atoms with van der Waals surface area (Å²) in [5.74, 6) is 0.942. The van der Waals surface area contributed by atoms with Crippen LogP contribution in [0.15, 0.2) is 48.7 Å². The zero-order chi connectivity index (χ0) is 15.2. The van der Waals surface area contributed by atoms with E-state index >= 15 is 0 Å². The molecule has 114 valence electrons. The second-order valence-corrected chi connectivity index (χ2v) is 5.37. The molecule has 1 aromatic heterocycles. The molecule has 0 bridgehead atoms. The van der Waals surface area contributed by atoms with E-state index < -0.39 is 0 Å². The van der Waals surface area contributed by atoms with Gasteiger partial charge in [-0.15, -0.1) is 0 Å². The van der Waals surface area contributed by atoms with Crippen LogP contribution in [0.5, 0.6) is 5.75 Å². The Kier molecular flexibility index (Phi) is 4.59. The molecule has 2 N–H and O–H groups in total. The highest BCUT2D eigenvalue weighted by Crippen LogP contribution is 2.18. The molecule has 0 spiro atoms. The average Bonchev–Trinajstić information content (AvgIpc) is 3.02. The number of ether oxygens (including phenoxy) is 1. The van der Waals surface area contributed by atoms with E-state index in [0.29, 0.717) is 0 Å². The number of anilines is 1. The summed E-state index contributed by atoms with van der Waals surface area (Å²) in [5.41, 5.74) is 3.38. The summed E-state index contributed by atoms with van der Waals surface area (Å²) in [6, 6.07) is 14.5. The number of rotatable bonds is 7. The average molecular weight is 295 g/mol. The second kappa shape index (κ2) is 6.98. The van der Waals surface area contributed by atoms with Gasteiger partial charge in [0, 0.05) is 17.6 Å². The van der Waals surface area contributed by atoms with Gasteiger partial charge in [-0.3, -0.25) is 5.10 Å². The predicted octanol–water partition coefficient (Wildman–Crippen LogP) is 4.35. The Hall–Kier alpha value is -2.49. The summed E-state index contributed by atoms with van der Waals surface area (Å²) in [5, 5.41) is 11.5. The summed E-state index contributed by atoms with van der Waals surface area (Å²) in [6.45, 7) is 3.75. The zero-order valence-corrected chi connectivity index (χ0v) is 12.8. The van der Waals surface area contributed by atoms with Crippen LogP contribution in [0.2, 0.25) is 0 Å². The number of nitrogens with one attached hydrogen (secondary N) is 2. The first-order valence-electron chi connectivity index (χ1n) is 7.74. The van der Waals surface area contributed by atoms with Crippen LogP contribution in [0.25, 0.3) is 10.9 Å². The lowest BCUT2D eigenvalue weighted by Gasteiger charge is -2.09. The molecule has 0 amide bonds. The molecule has 2 aromatic carbocycles. The molecule has 22 heavy (non-hydrogen) atoms. The van der Waals surface area contributed by atoms with Gasteiger partial charge in [-0.05, 0) is 42.3 Å². The van der Waals surface area contributed by atoms with Gasteiger partial charge in [0.1, 0.15) is 5.75 Å². The number of hydrogen-bond acceptors (Lipinski definition) is 3. The fourth-order valence-corrected chi connectivity index (χ4v) is 2.29. The summed E-state index contributed by atoms with van der Waals surface area (Å²) in [7, 11) is 0. The van der Waals surface area contributed by atoms with Crippen LogP contribution in [0, 0.1) is 0 Å². The first-order valence-corrected chi connectivity index (χ1v) is 7.74. The van der Waals surface area contributed by atoms with Gasteiger partial charge in [0.25, 0.3) is 0 Å². The number of hydrogen-bond donors (Lipinski definition) is 2. The first-order chi connectivity index (χ1) is 10.8. The summed E-state index contributed by atoms with van der Waals surface area (Å²) >= 11 is 0. The molecule has 0 aliphatic heterocycles. The lowest BCUT2D eigenvalue weighted by atomic mass is 10.2. The van der Waals surface area contributed by atoms with E-state index in [-0.39, 0.29) is 0 Å². The van der Waals surface area contributed by atoms with Crippen molar-refractivity contribution < 1.29 is 4.74 Å². The molecule has 0 fully saturated rings. The van der Waals surface area contributed by atoms with Crippen molar-refractivity contribution in [3.05, 3.63) is 54.2 Å². The number of benzene rings is 2. The van der Waals surface area contributed by atoms with Gasteiger partial charge in [-0.1, -0.05) is 25.5 Å². The molecule has 0 unspecified atom stereocenters. The molecular weight excluding hydrogens is 274 g/mol. The fraction of sp³-hybridized carbons (Fsp3) is 0.278. The Labute approximate surface area is 130 Å². The number of aromatic nitrogens is 2. The van der Waals surface area contributed by atoms with Crippen molar-refractivity contribution in [3.8, 4) is 5.75 Å². The van der Waals surface area contributed by atoms with Crippen molar-refractivity contribution in [2.45, 2.75) is 26.3 Å². The monoisotopic (exact) mass is 295 g/mol. The van der Waals surface area contributed by atoms with Crippen molar-refractivity contribution in [1.82, 2.24) is 10.2 Å². The minimum absolute atomic E-state index is 0.790. The van der Waals surface area contributed by atoms with Crippen LogP contribution >= 0.6 is 0 Å². The van der Waals surface area contributed by atoms with Crippen LogP contribution in [-0.4, -0.2) is 16.8 Å². The standard InChI is InChI=1S/C18H21N3O/c1-2-3-10-22-17-7-4-14(5-8-17)12-19-16-6-9-18-15(11-16)13-20-21-18/h4-9,11,13,19H,2-3,10,12H2,1H3,(H,20,21). The highest BCUT2D eigenvalue weighted by Gasteiger charge is 1.99. The molecule has 4 heteroatoms. The number of nitrogens with zero attached hydrogens (tertiary/aromatic N) is 1. The lowest BCUT2D eigenvalue weighted by Crippen LogP contribution is -2.00. The van der Waals surface area contributed by atoms with E-state index in [1.165, 1.54) is 5.56 Å². The maximum absolute atomic E-state index is 5.67. The molecule has 0 radical (unpaired) electrons. The SMILES string of the molecule is CCCCOc1ccc(CNc2ccc3[nH]ncc3c2)cc1. The first kappa shape index (κ1) is 14.4. The minimum Gasteiger partial charge on any atom is -0.494 e. The Morgan fingerprint density at radius 2 is 2.00 bits per heavy atom. The predicted molar refractivity (Wildman–Crippen MR) is 90.3 cm³/mol. The van der Waals surface area contributed by atoms with Gasteiger partial charge in [-0.2, -0.15) is 5.10 Å². The van der Waals surface area contributed by atoms with E-state index in [9.17, 15) is 0 Å². The van der Waals surface area contributed by atoms with Crippen LogP contribution in [0.3, 0.4) is 0 Å². The fourth-order valence-electron chi connectivity index (χ4n) is 2.29. The van der Waals surface area contributed by atoms with Gasteiger partial charge < -0.3 is 10.1 Å². The van der Waals surface area contributed by atoms with Crippen LogP contribution < -0.4 is 10.1 Å². The summed E-state index contributed by atoms with van der Waals surface area (Å²) in [4.78, 5) is 0. The largest absolute Gasteiger partial charge is 0.494 e. The van der Waals surface area contributed by atoms with E-state index in [1.54, 1.807) is 0 Å². The van der Waals surface area contributed by atoms with Crippen molar-refractivity contribution in [3.63, 3.8) is 0 Å². The third-order valence-corrected chi connectivity index (χ3v) is 3.63. The quantitative estimate of drug-likeness (QED) is 0.637. The van der Waals surface area contributed by atoms with Gasteiger partial charge in [0.2, 0.25) is 0 Å². The molecule has 0 saturated carbocycles. The number of H-pyrrole nitrogens is 1. The highest BCUT2D eigenvalue weighted by atomic mass is 16.5. The van der Waals surface area contributed by atoms with E-state index in [4.69, 9.17) is 4.74 Å². The Bertz CT molecular complexity index is 719. The molecule has 3 rings (SSSR count). The third kappa shape index (κ3) is 3.58. The Morgan fingerprint density at radius 1 is 1.14 bits per heavy atom. The summed E-state index contributed by atoms with van der Waals surface area (Å²) < 4.78 is 5.67. The van der Waals surface area contributed by atoms with Gasteiger partial charge >= 0.3 is 0 Å². The molecule has 0 saturated heterocycles. The van der Waals surface area contributed by atoms with Gasteiger partial charge in [-0.25, -0.2) is 0 Å². The van der Waals surface area contributed by atoms with E-state index in [1.807, 2.05) is 24.4 Å². The molecule has 0 aliphatic carbocycles. The van der Waals surface area contributed by atoms with Crippen LogP contribution in [0.1, 0.15) is 25.3 Å². The van der Waals surface area contributed by atoms with Gasteiger partial charge in [0.15, 0.2) is 0 Å². The normalized spacial score (nSPS) is 10.8. The third-order valence-electron chi connectivity index (χ3n) is 3.63. The smallest absolute Gasteiger partial charge is 0.119 e. The number of unbranched alkanes of at least 4 members (excludes halogenated alkanes) is 1. The van der Waals surface area contributed by atoms with Crippen molar-refractivity contribution >= 4 is 16.6 Å². The Morgan fingerprint density at radius 3 is 2.82 bits per heavy atom. The molecule has 0 aliphatic rings. The second-order valence-electron chi connectivity index (χ2n) is 5.37. The molecule has 1 heterocycles. The maximum Gasteiger partial charge on any atom is 0.119 e. The Balaban J connectivity index is 1.56. The van der Waals surface area contributed by atoms with Crippen LogP contribution in [0.4, 0.5) is 5.69 Å². The van der Waals surface area contributed by atoms with Crippen LogP contribution in [-0.2, 0) is 6.54 Å². The highest BCUT2D eigenvalue weighted by molar-refractivity contribution is 5.81. The van der Waals surface area contributed by atoms with Crippen molar-refractivity contribution in [2.24, 2.45) is 0 Å². The molecular formula is C18H21N3O. The number of aromatic amines is 1. The van der Waals surface area contributed by atoms with Gasteiger partial charge in [0.05, 0.1) is 18.3 Å². The van der Waals surface area contributed by atoms with E-state index in [0.717, 1.165) is 48.3 Å². The van der Waals surface area contributed by atoms with Crippen molar-refractivity contribution in [1.29, 1.82) is 0 Å². The topological polar surface area (TPSA) is 49.9 Å². The lowest BCUT2D eigenvalue weighted by molar-refractivity contribution is 0.309. The molecule has 4 nitrogen and oxygen atoms in total. The number of fused-ring (bicyclic) bond motifs is 1. The minimum atomic E-state index is 0.790. The maximum atomic E-state index is 5.67. The molecule has 3 aromatic rings.